The molecule has 0 aliphatic heterocycles. The average Bonchev–Trinajstić information content (AvgIpc) is 2.35. The summed E-state index contributed by atoms with van der Waals surface area (Å²) in [7, 11) is 3.39. The minimum atomic E-state index is -0.139. The molecule has 1 rings (SSSR count). The molecular formula is C15H19ClN2O. The molecule has 0 unspecified atom stereocenters. The van der Waals surface area contributed by atoms with Crippen molar-refractivity contribution >= 4 is 23.2 Å². The number of hydrogen-bond donors (Lipinski definition) is 1. The Labute approximate surface area is 119 Å². The number of benzene rings is 1. The fourth-order valence-electron chi connectivity index (χ4n) is 1.54. The Bertz CT molecular complexity index is 507. The van der Waals surface area contributed by atoms with Crippen molar-refractivity contribution in [3.63, 3.8) is 0 Å². The molecule has 0 radical (unpaired) electrons. The summed E-state index contributed by atoms with van der Waals surface area (Å²) in [6, 6.07) is 5.32. The number of anilines is 1. The minimum Gasteiger partial charge on any atom is -0.355 e. The van der Waals surface area contributed by atoms with Gasteiger partial charge in [-0.05, 0) is 24.6 Å². The molecule has 0 aliphatic carbocycles. The van der Waals surface area contributed by atoms with Crippen molar-refractivity contribution < 1.29 is 4.79 Å². The van der Waals surface area contributed by atoms with Gasteiger partial charge in [-0.2, -0.15) is 0 Å². The molecule has 0 saturated heterocycles. The predicted molar refractivity (Wildman–Crippen MR) is 81.7 cm³/mol. The molecule has 0 bridgehead atoms. The van der Waals surface area contributed by atoms with Gasteiger partial charge in [0.2, 0.25) is 0 Å². The Hall–Kier alpha value is -1.74. The zero-order valence-electron chi connectivity index (χ0n) is 11.5. The Morgan fingerprint density at radius 3 is 2.74 bits per heavy atom. The molecule has 1 N–H and O–H groups in total. The molecule has 4 heteroatoms. The van der Waals surface area contributed by atoms with E-state index in [1.807, 2.05) is 25.1 Å². The second kappa shape index (κ2) is 7.00. The van der Waals surface area contributed by atoms with Gasteiger partial charge in [-0.15, -0.1) is 0 Å². The van der Waals surface area contributed by atoms with E-state index < -0.39 is 0 Å². The lowest BCUT2D eigenvalue weighted by Crippen LogP contribution is -2.23. The quantitative estimate of drug-likeness (QED) is 0.828. The molecule has 1 aromatic rings. The maximum Gasteiger partial charge on any atom is 0.256 e. The van der Waals surface area contributed by atoms with Crippen molar-refractivity contribution in [3.05, 3.63) is 53.2 Å². The van der Waals surface area contributed by atoms with Crippen LogP contribution in [0.1, 0.15) is 23.7 Å². The van der Waals surface area contributed by atoms with Crippen molar-refractivity contribution in [3.8, 4) is 0 Å². The van der Waals surface area contributed by atoms with E-state index >= 15 is 0 Å². The highest BCUT2D eigenvalue weighted by Gasteiger charge is 2.17. The number of nitrogens with zero attached hydrogens (tertiary/aromatic N) is 1. The van der Waals surface area contributed by atoms with Crippen LogP contribution in [0.5, 0.6) is 0 Å². The zero-order chi connectivity index (χ0) is 14.4. The van der Waals surface area contributed by atoms with E-state index in [1.165, 1.54) is 4.90 Å². The number of rotatable bonds is 5. The first kappa shape index (κ1) is 15.3. The second-order valence-electron chi connectivity index (χ2n) is 4.32. The molecule has 0 heterocycles. The molecule has 19 heavy (non-hydrogen) atoms. The summed E-state index contributed by atoms with van der Waals surface area (Å²) < 4.78 is 0. The minimum absolute atomic E-state index is 0.139. The third-order valence-electron chi connectivity index (χ3n) is 2.48. The van der Waals surface area contributed by atoms with Crippen molar-refractivity contribution in [2.24, 2.45) is 0 Å². The van der Waals surface area contributed by atoms with Crippen LogP contribution in [0.25, 0.3) is 0 Å². The van der Waals surface area contributed by atoms with Crippen LogP contribution in [0, 0.1) is 0 Å². The molecular weight excluding hydrogens is 260 g/mol. The standard InChI is InChI=1S/C15H19ClN2O/c1-5-6-8-11(2)17-13-10-7-9-12(16)14(13)15(19)18(3)4/h6-10,17H,2,5H2,1,3-4H3/b8-6-. The maximum absolute atomic E-state index is 12.1. The van der Waals surface area contributed by atoms with Crippen LogP contribution in [0.2, 0.25) is 5.02 Å². The zero-order valence-corrected chi connectivity index (χ0v) is 12.3. The fraction of sp³-hybridized carbons (Fsp3) is 0.267. The SMILES string of the molecule is C=C(/C=C\CC)Nc1cccc(Cl)c1C(=O)N(C)C. The van der Waals surface area contributed by atoms with Crippen LogP contribution in [-0.2, 0) is 0 Å². The lowest BCUT2D eigenvalue weighted by molar-refractivity contribution is 0.0828. The van der Waals surface area contributed by atoms with Gasteiger partial charge in [0.25, 0.3) is 5.91 Å². The Morgan fingerprint density at radius 1 is 1.47 bits per heavy atom. The highest BCUT2D eigenvalue weighted by Crippen LogP contribution is 2.26. The number of halogens is 1. The van der Waals surface area contributed by atoms with Crippen molar-refractivity contribution in [2.45, 2.75) is 13.3 Å². The molecule has 0 fully saturated rings. The highest BCUT2D eigenvalue weighted by atomic mass is 35.5. The van der Waals surface area contributed by atoms with E-state index in [9.17, 15) is 4.79 Å². The van der Waals surface area contributed by atoms with E-state index in [-0.39, 0.29) is 5.91 Å². The molecule has 0 atom stereocenters. The van der Waals surface area contributed by atoms with Crippen LogP contribution < -0.4 is 5.32 Å². The summed E-state index contributed by atoms with van der Waals surface area (Å²) in [5, 5.41) is 3.54. The number of hydrogen-bond acceptors (Lipinski definition) is 2. The summed E-state index contributed by atoms with van der Waals surface area (Å²) in [5.41, 5.74) is 1.84. The fourth-order valence-corrected chi connectivity index (χ4v) is 1.80. The topological polar surface area (TPSA) is 32.3 Å². The predicted octanol–water partition coefficient (Wildman–Crippen LogP) is 3.93. The van der Waals surface area contributed by atoms with Gasteiger partial charge in [-0.1, -0.05) is 37.2 Å². The van der Waals surface area contributed by atoms with Crippen molar-refractivity contribution in [1.82, 2.24) is 4.90 Å². The molecule has 1 aromatic carbocycles. The number of amides is 1. The summed E-state index contributed by atoms with van der Waals surface area (Å²) in [5.74, 6) is -0.139. The summed E-state index contributed by atoms with van der Waals surface area (Å²) in [4.78, 5) is 13.6. The molecule has 0 aromatic heterocycles. The third-order valence-corrected chi connectivity index (χ3v) is 2.80. The van der Waals surface area contributed by atoms with Crippen LogP contribution in [0.3, 0.4) is 0 Å². The van der Waals surface area contributed by atoms with Gasteiger partial charge in [-0.25, -0.2) is 0 Å². The van der Waals surface area contributed by atoms with E-state index in [2.05, 4.69) is 11.9 Å². The first-order chi connectivity index (χ1) is 8.97. The average molecular weight is 279 g/mol. The first-order valence-electron chi connectivity index (χ1n) is 6.10. The van der Waals surface area contributed by atoms with E-state index in [1.54, 1.807) is 26.2 Å². The lowest BCUT2D eigenvalue weighted by Gasteiger charge is -2.16. The summed E-state index contributed by atoms with van der Waals surface area (Å²) in [6.45, 7) is 5.94. The normalized spacial score (nSPS) is 10.5. The molecule has 0 aliphatic rings. The number of carbonyl (C=O) groups excluding carboxylic acids is 1. The van der Waals surface area contributed by atoms with Gasteiger partial charge < -0.3 is 10.2 Å². The molecule has 1 amide bonds. The Morgan fingerprint density at radius 2 is 2.16 bits per heavy atom. The molecule has 0 spiro atoms. The maximum atomic E-state index is 12.1. The Kier molecular flexibility index (Phi) is 5.64. The number of nitrogens with one attached hydrogen (secondary N) is 1. The lowest BCUT2D eigenvalue weighted by atomic mass is 10.1. The highest BCUT2D eigenvalue weighted by molar-refractivity contribution is 6.34. The summed E-state index contributed by atoms with van der Waals surface area (Å²) >= 11 is 6.12. The van der Waals surface area contributed by atoms with Gasteiger partial charge in [-0.3, -0.25) is 4.79 Å². The third kappa shape index (κ3) is 4.14. The van der Waals surface area contributed by atoms with Crippen LogP contribution in [-0.4, -0.2) is 24.9 Å². The van der Waals surface area contributed by atoms with Gasteiger partial charge in [0.05, 0.1) is 16.3 Å². The second-order valence-corrected chi connectivity index (χ2v) is 4.73. The van der Waals surface area contributed by atoms with Crippen LogP contribution >= 0.6 is 11.6 Å². The van der Waals surface area contributed by atoms with Crippen molar-refractivity contribution in [2.75, 3.05) is 19.4 Å². The van der Waals surface area contributed by atoms with E-state index in [0.717, 1.165) is 12.1 Å². The number of carbonyl (C=O) groups is 1. The molecule has 102 valence electrons. The van der Waals surface area contributed by atoms with Gasteiger partial charge in [0.1, 0.15) is 0 Å². The van der Waals surface area contributed by atoms with Gasteiger partial charge in [0.15, 0.2) is 0 Å². The van der Waals surface area contributed by atoms with Crippen LogP contribution in [0.4, 0.5) is 5.69 Å². The van der Waals surface area contributed by atoms with Crippen molar-refractivity contribution in [1.29, 1.82) is 0 Å². The number of allylic oxidation sites excluding steroid dienone is 2. The molecule has 0 saturated carbocycles. The van der Waals surface area contributed by atoms with Gasteiger partial charge >= 0.3 is 0 Å². The van der Waals surface area contributed by atoms with Crippen LogP contribution in [0.15, 0.2) is 42.6 Å². The smallest absolute Gasteiger partial charge is 0.256 e. The molecule has 3 nitrogen and oxygen atoms in total. The Balaban J connectivity index is 3.08. The summed E-state index contributed by atoms with van der Waals surface area (Å²) in [6.07, 6.45) is 4.80. The largest absolute Gasteiger partial charge is 0.355 e. The monoisotopic (exact) mass is 278 g/mol. The first-order valence-corrected chi connectivity index (χ1v) is 6.47. The van der Waals surface area contributed by atoms with Gasteiger partial charge in [0, 0.05) is 19.8 Å². The van der Waals surface area contributed by atoms with E-state index in [0.29, 0.717) is 16.3 Å². The van der Waals surface area contributed by atoms with E-state index in [4.69, 9.17) is 11.6 Å².